The van der Waals surface area contributed by atoms with Crippen molar-refractivity contribution >= 4 is 82.1 Å². The molecule has 0 radical (unpaired) electrons. The maximum atomic E-state index is 6.69. The van der Waals surface area contributed by atoms with Crippen molar-refractivity contribution in [3.05, 3.63) is 224 Å². The van der Waals surface area contributed by atoms with Gasteiger partial charge in [0.2, 0.25) is 0 Å². The Morgan fingerprint density at radius 2 is 0.883 bits per heavy atom. The van der Waals surface area contributed by atoms with Crippen LogP contribution in [0.5, 0.6) is 0 Å². The molecule has 0 amide bonds. The first-order chi connectivity index (χ1) is 29.7. The van der Waals surface area contributed by atoms with Crippen LogP contribution >= 0.6 is 0 Å². The fourth-order valence-electron chi connectivity index (χ4n) is 9.39. The standard InChI is InChI=1S/C58H37NO/c1-4-18-47-39(12-1)15-10-22-49(47)43-16-9-17-46(37-43)59(45-32-28-38(29-33-45)42-31-34-50-44(36-42)27-26-40-13-2-5-19-48(40)50)55-24-8-7-21-52(55)53-23-11-25-56-57(53)54-35-30-41-14-3-6-20-51(41)58(54)60-56/h1-37H. The third-order valence-corrected chi connectivity index (χ3v) is 12.2. The van der Waals surface area contributed by atoms with Crippen molar-refractivity contribution in [1.82, 2.24) is 0 Å². The molecule has 0 saturated heterocycles. The number of furan rings is 1. The number of benzene rings is 11. The molecule has 0 spiro atoms. The van der Waals surface area contributed by atoms with E-state index in [2.05, 4.69) is 229 Å². The second kappa shape index (κ2) is 13.9. The predicted octanol–water partition coefficient (Wildman–Crippen LogP) is 16.7. The molecular formula is C58H37NO. The number of nitrogens with zero attached hydrogens (tertiary/aromatic N) is 1. The van der Waals surface area contributed by atoms with Gasteiger partial charge >= 0.3 is 0 Å². The summed E-state index contributed by atoms with van der Waals surface area (Å²) in [7, 11) is 0. The molecule has 60 heavy (non-hydrogen) atoms. The molecule has 0 fully saturated rings. The summed E-state index contributed by atoms with van der Waals surface area (Å²) in [5.41, 5.74) is 12.0. The van der Waals surface area contributed by atoms with Crippen molar-refractivity contribution < 1.29 is 4.42 Å². The van der Waals surface area contributed by atoms with E-state index in [1.54, 1.807) is 0 Å². The van der Waals surface area contributed by atoms with E-state index in [0.717, 1.165) is 55.5 Å². The van der Waals surface area contributed by atoms with Crippen LogP contribution < -0.4 is 4.90 Å². The van der Waals surface area contributed by atoms with Gasteiger partial charge < -0.3 is 9.32 Å². The molecule has 0 bridgehead atoms. The highest BCUT2D eigenvalue weighted by Gasteiger charge is 2.22. The summed E-state index contributed by atoms with van der Waals surface area (Å²) in [6, 6.07) is 81.3. The molecule has 0 atom stereocenters. The highest BCUT2D eigenvalue weighted by Crippen LogP contribution is 2.46. The lowest BCUT2D eigenvalue weighted by Gasteiger charge is -2.28. The molecule has 2 heteroatoms. The molecule has 1 heterocycles. The molecular weight excluding hydrogens is 727 g/mol. The third-order valence-electron chi connectivity index (χ3n) is 12.2. The lowest BCUT2D eigenvalue weighted by Crippen LogP contribution is -2.11. The Morgan fingerprint density at radius 3 is 1.75 bits per heavy atom. The second-order valence-corrected chi connectivity index (χ2v) is 15.6. The number of hydrogen-bond acceptors (Lipinski definition) is 2. The first kappa shape index (κ1) is 34.1. The van der Waals surface area contributed by atoms with Gasteiger partial charge in [-0.05, 0) is 114 Å². The number of fused-ring (bicyclic) bond motifs is 9. The molecule has 12 rings (SSSR count). The topological polar surface area (TPSA) is 16.4 Å². The Bertz CT molecular complexity index is 3610. The highest BCUT2D eigenvalue weighted by molar-refractivity contribution is 6.20. The van der Waals surface area contributed by atoms with Crippen molar-refractivity contribution in [2.24, 2.45) is 0 Å². The largest absolute Gasteiger partial charge is 0.455 e. The van der Waals surface area contributed by atoms with E-state index in [-0.39, 0.29) is 0 Å². The third kappa shape index (κ3) is 5.57. The summed E-state index contributed by atoms with van der Waals surface area (Å²) in [5.74, 6) is 0. The minimum atomic E-state index is 0.880. The van der Waals surface area contributed by atoms with Gasteiger partial charge in [0.15, 0.2) is 0 Å². The van der Waals surface area contributed by atoms with Gasteiger partial charge in [-0.15, -0.1) is 0 Å². The van der Waals surface area contributed by atoms with Crippen molar-refractivity contribution in [3.8, 4) is 33.4 Å². The van der Waals surface area contributed by atoms with E-state index < -0.39 is 0 Å². The van der Waals surface area contributed by atoms with Gasteiger partial charge in [-0.2, -0.15) is 0 Å². The minimum absolute atomic E-state index is 0.880. The van der Waals surface area contributed by atoms with Gasteiger partial charge in [0, 0.05) is 33.1 Å². The quantitative estimate of drug-likeness (QED) is 0.157. The number of anilines is 3. The van der Waals surface area contributed by atoms with Gasteiger partial charge in [-0.1, -0.05) is 176 Å². The first-order valence-corrected chi connectivity index (χ1v) is 20.6. The lowest BCUT2D eigenvalue weighted by molar-refractivity contribution is 0.673. The SMILES string of the molecule is c1cc(-c2cccc3ccccc23)cc(N(c2ccc(-c3ccc4c(ccc5ccccc54)c3)cc2)c2ccccc2-c2cccc3oc4c5ccccc5ccc4c23)c1. The van der Waals surface area contributed by atoms with Crippen LogP contribution in [0.4, 0.5) is 17.1 Å². The Labute approximate surface area is 347 Å². The fraction of sp³-hybridized carbons (Fsp3) is 0. The maximum absolute atomic E-state index is 6.69. The Kier molecular flexibility index (Phi) is 7.89. The monoisotopic (exact) mass is 763 g/mol. The Morgan fingerprint density at radius 1 is 0.300 bits per heavy atom. The van der Waals surface area contributed by atoms with Crippen molar-refractivity contribution in [2.45, 2.75) is 0 Å². The lowest BCUT2D eigenvalue weighted by atomic mass is 9.95. The fourth-order valence-corrected chi connectivity index (χ4v) is 9.39. The molecule has 1 aromatic heterocycles. The van der Waals surface area contributed by atoms with Gasteiger partial charge in [0.05, 0.1) is 5.69 Å². The average molecular weight is 764 g/mol. The van der Waals surface area contributed by atoms with Crippen LogP contribution in [0.1, 0.15) is 0 Å². The van der Waals surface area contributed by atoms with Crippen molar-refractivity contribution in [3.63, 3.8) is 0 Å². The Balaban J connectivity index is 1.04. The molecule has 0 aliphatic rings. The molecule has 0 aliphatic carbocycles. The Hall–Kier alpha value is -7.94. The van der Waals surface area contributed by atoms with Crippen LogP contribution in [0.15, 0.2) is 229 Å². The van der Waals surface area contributed by atoms with Crippen molar-refractivity contribution in [2.75, 3.05) is 4.90 Å². The van der Waals surface area contributed by atoms with E-state index in [9.17, 15) is 0 Å². The minimum Gasteiger partial charge on any atom is -0.455 e. The van der Waals surface area contributed by atoms with Crippen LogP contribution in [0.2, 0.25) is 0 Å². The molecule has 11 aromatic carbocycles. The van der Waals surface area contributed by atoms with Gasteiger partial charge in [-0.25, -0.2) is 0 Å². The van der Waals surface area contributed by atoms with Crippen LogP contribution in [-0.4, -0.2) is 0 Å². The van der Waals surface area contributed by atoms with E-state index in [4.69, 9.17) is 4.42 Å². The van der Waals surface area contributed by atoms with Gasteiger partial charge in [0.25, 0.3) is 0 Å². The zero-order valence-electron chi connectivity index (χ0n) is 32.7. The summed E-state index contributed by atoms with van der Waals surface area (Å²) in [6.45, 7) is 0. The molecule has 0 saturated carbocycles. The molecule has 12 aromatic rings. The maximum Gasteiger partial charge on any atom is 0.143 e. The molecule has 280 valence electrons. The summed E-state index contributed by atoms with van der Waals surface area (Å²) in [6.07, 6.45) is 0. The summed E-state index contributed by atoms with van der Waals surface area (Å²) in [4.78, 5) is 2.41. The van der Waals surface area contributed by atoms with Gasteiger partial charge in [-0.3, -0.25) is 0 Å². The summed E-state index contributed by atoms with van der Waals surface area (Å²) >= 11 is 0. The smallest absolute Gasteiger partial charge is 0.143 e. The van der Waals surface area contributed by atoms with Crippen LogP contribution in [0, 0.1) is 0 Å². The molecule has 2 nitrogen and oxygen atoms in total. The summed E-state index contributed by atoms with van der Waals surface area (Å²) in [5, 5.41) is 12.1. The van der Waals surface area contributed by atoms with Crippen LogP contribution in [0.3, 0.4) is 0 Å². The predicted molar refractivity (Wildman–Crippen MR) is 255 cm³/mol. The van der Waals surface area contributed by atoms with E-state index >= 15 is 0 Å². The first-order valence-electron chi connectivity index (χ1n) is 20.6. The van der Waals surface area contributed by atoms with Crippen molar-refractivity contribution in [1.29, 1.82) is 0 Å². The zero-order valence-corrected chi connectivity index (χ0v) is 32.7. The molecule has 0 aliphatic heterocycles. The average Bonchev–Trinajstić information content (AvgIpc) is 3.72. The van der Waals surface area contributed by atoms with E-state index in [1.807, 2.05) is 0 Å². The number of para-hydroxylation sites is 1. The second-order valence-electron chi connectivity index (χ2n) is 15.6. The highest BCUT2D eigenvalue weighted by atomic mass is 16.3. The van der Waals surface area contributed by atoms with Gasteiger partial charge in [0.1, 0.15) is 11.2 Å². The number of hydrogen-bond donors (Lipinski definition) is 0. The van der Waals surface area contributed by atoms with E-state index in [1.165, 1.54) is 60.0 Å². The number of rotatable bonds is 6. The molecule has 0 unspecified atom stereocenters. The molecule has 0 N–H and O–H groups in total. The summed E-state index contributed by atoms with van der Waals surface area (Å²) < 4.78 is 6.69. The normalized spacial score (nSPS) is 11.7. The zero-order chi connectivity index (χ0) is 39.6. The van der Waals surface area contributed by atoms with Crippen LogP contribution in [-0.2, 0) is 0 Å². The van der Waals surface area contributed by atoms with E-state index in [0.29, 0.717) is 0 Å². The van der Waals surface area contributed by atoms with Crippen LogP contribution in [0.25, 0.3) is 98.4 Å².